The van der Waals surface area contributed by atoms with Gasteiger partial charge in [-0.25, -0.2) is 8.78 Å². The quantitative estimate of drug-likeness (QED) is 0.834. The zero-order valence-corrected chi connectivity index (χ0v) is 9.11. The average Bonchev–Trinajstić information content (AvgIpc) is 2.93. The Labute approximate surface area is 92.4 Å². The lowest BCUT2D eigenvalue weighted by atomic mass is 10.2. The first-order valence-corrected chi connectivity index (χ1v) is 5.37. The highest BCUT2D eigenvalue weighted by atomic mass is 35.5. The molecule has 1 aromatic carbocycles. The molecule has 0 bridgehead atoms. The van der Waals surface area contributed by atoms with Gasteiger partial charge < -0.3 is 5.32 Å². The normalized spacial score (nSPS) is 17.6. The van der Waals surface area contributed by atoms with Gasteiger partial charge in [0.2, 0.25) is 0 Å². The molecule has 1 aromatic rings. The second-order valence-corrected chi connectivity index (χ2v) is 4.42. The summed E-state index contributed by atoms with van der Waals surface area (Å²) in [5.74, 6) is -0.694. The molecule has 0 heterocycles. The van der Waals surface area contributed by atoms with Gasteiger partial charge in [0.1, 0.15) is 5.82 Å². The predicted octanol–water partition coefficient (Wildman–Crippen LogP) is 3.83. The van der Waals surface area contributed by atoms with Crippen molar-refractivity contribution in [3.8, 4) is 0 Å². The zero-order valence-electron chi connectivity index (χ0n) is 8.36. The van der Waals surface area contributed by atoms with Crippen molar-refractivity contribution in [2.45, 2.75) is 25.8 Å². The van der Waals surface area contributed by atoms with Crippen LogP contribution in [0.15, 0.2) is 12.1 Å². The summed E-state index contributed by atoms with van der Waals surface area (Å²) in [7, 11) is 0. The molecule has 1 aliphatic carbocycles. The number of anilines is 1. The van der Waals surface area contributed by atoms with Crippen molar-refractivity contribution in [3.63, 3.8) is 0 Å². The highest BCUT2D eigenvalue weighted by molar-refractivity contribution is 6.33. The molecule has 0 amide bonds. The van der Waals surface area contributed by atoms with Crippen LogP contribution in [0.5, 0.6) is 0 Å². The van der Waals surface area contributed by atoms with Gasteiger partial charge in [-0.05, 0) is 31.7 Å². The van der Waals surface area contributed by atoms with Crippen LogP contribution in [0.25, 0.3) is 0 Å². The summed E-state index contributed by atoms with van der Waals surface area (Å²) in [5, 5.41) is 3.09. The predicted molar refractivity (Wildman–Crippen MR) is 57.2 cm³/mol. The Morgan fingerprint density at radius 2 is 2.07 bits per heavy atom. The molecule has 0 spiro atoms. The lowest BCUT2D eigenvalue weighted by Gasteiger charge is -2.16. The second kappa shape index (κ2) is 3.97. The third-order valence-corrected chi connectivity index (χ3v) is 3.01. The summed E-state index contributed by atoms with van der Waals surface area (Å²) in [6.07, 6.45) is 2.32. The summed E-state index contributed by atoms with van der Waals surface area (Å²) in [4.78, 5) is 0. The van der Waals surface area contributed by atoms with Gasteiger partial charge in [0.25, 0.3) is 0 Å². The molecular formula is C11H12ClF2N. The maximum absolute atomic E-state index is 13.4. The molecule has 82 valence electrons. The van der Waals surface area contributed by atoms with E-state index in [1.165, 1.54) is 0 Å². The van der Waals surface area contributed by atoms with Crippen LogP contribution in [0, 0.1) is 17.6 Å². The van der Waals surface area contributed by atoms with Crippen LogP contribution in [0.4, 0.5) is 14.5 Å². The minimum Gasteiger partial charge on any atom is -0.379 e. The number of halogens is 3. The van der Waals surface area contributed by atoms with Crippen LogP contribution in [-0.4, -0.2) is 6.04 Å². The molecule has 1 atom stereocenters. The third kappa shape index (κ3) is 2.40. The molecule has 1 unspecified atom stereocenters. The Morgan fingerprint density at radius 1 is 1.40 bits per heavy atom. The Bertz CT molecular complexity index is 354. The topological polar surface area (TPSA) is 12.0 Å². The highest BCUT2D eigenvalue weighted by Gasteiger charge is 2.28. The monoisotopic (exact) mass is 231 g/mol. The largest absolute Gasteiger partial charge is 0.379 e. The minimum atomic E-state index is -0.651. The first kappa shape index (κ1) is 10.7. The van der Waals surface area contributed by atoms with Gasteiger partial charge in [-0.15, -0.1) is 0 Å². The Kier molecular flexibility index (Phi) is 2.83. The van der Waals surface area contributed by atoms with Gasteiger partial charge in [0, 0.05) is 12.1 Å². The van der Waals surface area contributed by atoms with E-state index >= 15 is 0 Å². The molecule has 0 radical (unpaired) electrons. The van der Waals surface area contributed by atoms with Crippen molar-refractivity contribution in [3.05, 3.63) is 28.8 Å². The number of hydrogen-bond donors (Lipinski definition) is 1. The Hall–Kier alpha value is -0.830. The first-order chi connectivity index (χ1) is 7.08. The van der Waals surface area contributed by atoms with E-state index in [2.05, 4.69) is 5.32 Å². The second-order valence-electron chi connectivity index (χ2n) is 4.01. The SMILES string of the molecule is CC(Nc1c(F)cc(F)cc1Cl)C1CC1. The van der Waals surface area contributed by atoms with Gasteiger partial charge in [-0.2, -0.15) is 0 Å². The van der Waals surface area contributed by atoms with Crippen molar-refractivity contribution >= 4 is 17.3 Å². The van der Waals surface area contributed by atoms with Crippen LogP contribution in [-0.2, 0) is 0 Å². The summed E-state index contributed by atoms with van der Waals surface area (Å²) in [5.41, 5.74) is 0.206. The fraction of sp³-hybridized carbons (Fsp3) is 0.455. The van der Waals surface area contributed by atoms with E-state index in [0.717, 1.165) is 25.0 Å². The van der Waals surface area contributed by atoms with Crippen molar-refractivity contribution in [1.29, 1.82) is 0 Å². The van der Waals surface area contributed by atoms with Crippen LogP contribution < -0.4 is 5.32 Å². The summed E-state index contributed by atoms with van der Waals surface area (Å²) in [6.45, 7) is 1.98. The van der Waals surface area contributed by atoms with E-state index in [9.17, 15) is 8.78 Å². The van der Waals surface area contributed by atoms with E-state index in [-0.39, 0.29) is 16.8 Å². The van der Waals surface area contributed by atoms with E-state index in [0.29, 0.717) is 5.92 Å². The van der Waals surface area contributed by atoms with Gasteiger partial charge in [-0.3, -0.25) is 0 Å². The third-order valence-electron chi connectivity index (χ3n) is 2.71. The van der Waals surface area contributed by atoms with Crippen LogP contribution in [0.1, 0.15) is 19.8 Å². The number of benzene rings is 1. The van der Waals surface area contributed by atoms with Crippen LogP contribution in [0.3, 0.4) is 0 Å². The number of nitrogens with one attached hydrogen (secondary N) is 1. The fourth-order valence-corrected chi connectivity index (χ4v) is 1.87. The average molecular weight is 232 g/mol. The van der Waals surface area contributed by atoms with Gasteiger partial charge in [0.15, 0.2) is 5.82 Å². The van der Waals surface area contributed by atoms with Gasteiger partial charge in [0.05, 0.1) is 10.7 Å². The van der Waals surface area contributed by atoms with E-state index < -0.39 is 11.6 Å². The first-order valence-electron chi connectivity index (χ1n) is 4.99. The lowest BCUT2D eigenvalue weighted by Crippen LogP contribution is -2.18. The molecule has 0 aromatic heterocycles. The van der Waals surface area contributed by atoms with E-state index in [1.807, 2.05) is 6.92 Å². The molecule has 4 heteroatoms. The van der Waals surface area contributed by atoms with Crippen molar-refractivity contribution in [2.75, 3.05) is 5.32 Å². The van der Waals surface area contributed by atoms with Crippen molar-refractivity contribution in [1.82, 2.24) is 0 Å². The van der Waals surface area contributed by atoms with Crippen LogP contribution >= 0.6 is 11.6 Å². The maximum atomic E-state index is 13.4. The lowest BCUT2D eigenvalue weighted by molar-refractivity contribution is 0.581. The molecule has 1 fully saturated rings. The smallest absolute Gasteiger partial charge is 0.150 e. The maximum Gasteiger partial charge on any atom is 0.150 e. The molecule has 15 heavy (non-hydrogen) atoms. The van der Waals surface area contributed by atoms with Crippen molar-refractivity contribution < 1.29 is 8.78 Å². The van der Waals surface area contributed by atoms with E-state index in [1.54, 1.807) is 0 Å². The fourth-order valence-electron chi connectivity index (χ4n) is 1.62. The summed E-state index contributed by atoms with van der Waals surface area (Å²) < 4.78 is 26.1. The molecule has 0 aliphatic heterocycles. The number of rotatable bonds is 3. The standard InChI is InChI=1S/C11H12ClF2N/c1-6(7-2-3-7)15-11-9(12)4-8(13)5-10(11)14/h4-7,15H,2-3H2,1H3. The molecule has 1 N–H and O–H groups in total. The minimum absolute atomic E-state index is 0.0972. The molecule has 1 aliphatic rings. The summed E-state index contributed by atoms with van der Waals surface area (Å²) in [6, 6.07) is 2.14. The Morgan fingerprint density at radius 3 is 2.60 bits per heavy atom. The molecule has 2 rings (SSSR count). The summed E-state index contributed by atoms with van der Waals surface area (Å²) >= 11 is 5.76. The van der Waals surface area contributed by atoms with E-state index in [4.69, 9.17) is 11.6 Å². The molecule has 1 saturated carbocycles. The zero-order chi connectivity index (χ0) is 11.0. The molecule has 0 saturated heterocycles. The van der Waals surface area contributed by atoms with Gasteiger partial charge >= 0.3 is 0 Å². The molecule has 1 nitrogen and oxygen atoms in total. The van der Waals surface area contributed by atoms with Gasteiger partial charge in [-0.1, -0.05) is 11.6 Å². The van der Waals surface area contributed by atoms with Crippen LogP contribution in [0.2, 0.25) is 5.02 Å². The number of hydrogen-bond acceptors (Lipinski definition) is 1. The Balaban J connectivity index is 2.19. The molecular weight excluding hydrogens is 220 g/mol. The highest BCUT2D eigenvalue weighted by Crippen LogP contribution is 2.36. The van der Waals surface area contributed by atoms with Crippen molar-refractivity contribution in [2.24, 2.45) is 5.92 Å².